The van der Waals surface area contributed by atoms with Crippen molar-refractivity contribution < 1.29 is 31.4 Å². The first-order valence-electron chi connectivity index (χ1n) is 7.08. The molecule has 0 spiro atoms. The maximum absolute atomic E-state index is 10.8. The van der Waals surface area contributed by atoms with E-state index in [1.165, 1.54) is 24.3 Å². The molecule has 0 amide bonds. The number of hydrogen-bond donors (Lipinski definition) is 2. The summed E-state index contributed by atoms with van der Waals surface area (Å²) in [6.07, 6.45) is 0. The van der Waals surface area contributed by atoms with Crippen molar-refractivity contribution in [2.45, 2.75) is 16.7 Å². The smallest absolute Gasteiger partial charge is 0.294 e. The van der Waals surface area contributed by atoms with Gasteiger partial charge in [0.1, 0.15) is 0 Å². The number of rotatable bonds is 2. The first-order chi connectivity index (χ1) is 11.6. The molecule has 3 rings (SSSR count). The summed E-state index contributed by atoms with van der Waals surface area (Å²) in [6.45, 7) is 1.84. The Morgan fingerprint density at radius 2 is 1.12 bits per heavy atom. The Hall–Kier alpha value is -2.30. The van der Waals surface area contributed by atoms with Gasteiger partial charge in [-0.3, -0.25) is 9.11 Å². The fraction of sp³-hybridized carbons (Fsp3) is 0.0588. The molecular weight excluding hydrogens is 380 g/mol. The van der Waals surface area contributed by atoms with Gasteiger partial charge < -0.3 is 5.48 Å². The number of fused-ring (bicyclic) bond motifs is 1. The van der Waals surface area contributed by atoms with Gasteiger partial charge in [0, 0.05) is 0 Å². The Bertz CT molecular complexity index is 1090. The lowest BCUT2D eigenvalue weighted by atomic mass is 10.1. The molecule has 0 bridgehead atoms. The van der Waals surface area contributed by atoms with Crippen LogP contribution in [0.25, 0.3) is 10.8 Å². The van der Waals surface area contributed by atoms with E-state index in [0.717, 1.165) is 16.3 Å². The second kappa shape index (κ2) is 8.39. The SMILES string of the molecule is Cc1ccc(S(=O)(=O)O)cc1.O.O=S(=O)(O)c1ccc2ccccc2c1. The predicted octanol–water partition coefficient (Wildman–Crippen LogP) is 2.50. The molecule has 0 fully saturated rings. The summed E-state index contributed by atoms with van der Waals surface area (Å²) < 4.78 is 60.0. The van der Waals surface area contributed by atoms with Crippen LogP contribution < -0.4 is 0 Å². The molecule has 3 aromatic rings. The lowest BCUT2D eigenvalue weighted by Crippen LogP contribution is -1.97. The summed E-state index contributed by atoms with van der Waals surface area (Å²) in [7, 11) is -8.11. The molecule has 7 nitrogen and oxygen atoms in total. The largest absolute Gasteiger partial charge is 0.412 e. The maximum atomic E-state index is 10.8. The van der Waals surface area contributed by atoms with Crippen molar-refractivity contribution in [2.75, 3.05) is 0 Å². The number of hydrogen-bond acceptors (Lipinski definition) is 4. The van der Waals surface area contributed by atoms with E-state index in [4.69, 9.17) is 9.11 Å². The van der Waals surface area contributed by atoms with Gasteiger partial charge in [0.2, 0.25) is 0 Å². The Morgan fingerprint density at radius 3 is 1.62 bits per heavy atom. The van der Waals surface area contributed by atoms with E-state index in [1.54, 1.807) is 24.3 Å². The van der Waals surface area contributed by atoms with Crippen molar-refractivity contribution in [2.24, 2.45) is 0 Å². The quantitative estimate of drug-likeness (QED) is 0.636. The molecule has 0 atom stereocenters. The van der Waals surface area contributed by atoms with Crippen molar-refractivity contribution in [3.63, 3.8) is 0 Å². The highest BCUT2D eigenvalue weighted by atomic mass is 32.2. The standard InChI is InChI=1S/C10H8O3S.C7H8O3S.H2O/c11-14(12,13)10-6-5-8-3-1-2-4-9(8)7-10;1-6-2-4-7(5-3-6)11(8,9)10;/h1-7H,(H,11,12,13);2-5H,1H3,(H,8,9,10);1H2. The third-order valence-electron chi connectivity index (χ3n) is 3.34. The van der Waals surface area contributed by atoms with Crippen molar-refractivity contribution in [3.8, 4) is 0 Å². The molecule has 0 saturated carbocycles. The molecule has 0 aliphatic carbocycles. The highest BCUT2D eigenvalue weighted by Gasteiger charge is 2.09. The van der Waals surface area contributed by atoms with Crippen LogP contribution in [0.5, 0.6) is 0 Å². The summed E-state index contributed by atoms with van der Waals surface area (Å²) in [6, 6.07) is 17.8. The van der Waals surface area contributed by atoms with E-state index in [2.05, 4.69) is 0 Å². The van der Waals surface area contributed by atoms with Crippen LogP contribution in [0.15, 0.2) is 76.5 Å². The number of benzene rings is 3. The van der Waals surface area contributed by atoms with Gasteiger partial charge in [0.15, 0.2) is 0 Å². The summed E-state index contributed by atoms with van der Waals surface area (Å²) in [5.74, 6) is 0. The molecule has 0 saturated heterocycles. The topological polar surface area (TPSA) is 140 Å². The van der Waals surface area contributed by atoms with Gasteiger partial charge in [-0.25, -0.2) is 0 Å². The van der Waals surface area contributed by atoms with Crippen molar-refractivity contribution in [3.05, 3.63) is 72.3 Å². The molecule has 140 valence electrons. The molecule has 9 heteroatoms. The van der Waals surface area contributed by atoms with Gasteiger partial charge in [0.25, 0.3) is 20.2 Å². The minimum Gasteiger partial charge on any atom is -0.412 e. The zero-order chi connectivity index (χ0) is 18.7. The monoisotopic (exact) mass is 398 g/mol. The zero-order valence-electron chi connectivity index (χ0n) is 13.7. The van der Waals surface area contributed by atoms with Gasteiger partial charge >= 0.3 is 0 Å². The molecule has 0 aliphatic heterocycles. The molecule has 0 radical (unpaired) electrons. The van der Waals surface area contributed by atoms with E-state index in [1.807, 2.05) is 25.1 Å². The minimum atomic E-state index is -4.09. The normalized spacial score (nSPS) is 11.2. The van der Waals surface area contributed by atoms with Gasteiger partial charge in [-0.2, -0.15) is 16.8 Å². The first kappa shape index (κ1) is 21.7. The maximum Gasteiger partial charge on any atom is 0.294 e. The highest BCUT2D eigenvalue weighted by molar-refractivity contribution is 7.86. The van der Waals surface area contributed by atoms with E-state index < -0.39 is 20.2 Å². The Morgan fingerprint density at radius 1 is 0.654 bits per heavy atom. The van der Waals surface area contributed by atoms with Crippen LogP contribution in [0.2, 0.25) is 0 Å². The van der Waals surface area contributed by atoms with Crippen LogP contribution in [0.4, 0.5) is 0 Å². The van der Waals surface area contributed by atoms with Gasteiger partial charge in [0.05, 0.1) is 9.79 Å². The molecule has 0 heterocycles. The number of aryl methyl sites for hydroxylation is 1. The first-order valence-corrected chi connectivity index (χ1v) is 9.96. The molecule has 0 aliphatic rings. The van der Waals surface area contributed by atoms with Crippen LogP contribution in [0, 0.1) is 6.92 Å². The summed E-state index contributed by atoms with van der Waals surface area (Å²) in [5, 5.41) is 1.74. The minimum absolute atomic E-state index is 0. The molecule has 0 aromatic heterocycles. The lowest BCUT2D eigenvalue weighted by molar-refractivity contribution is 0.481. The molecule has 0 unspecified atom stereocenters. The van der Waals surface area contributed by atoms with Gasteiger partial charge in [-0.05, 0) is 42.0 Å². The van der Waals surface area contributed by atoms with Crippen LogP contribution in [0.3, 0.4) is 0 Å². The van der Waals surface area contributed by atoms with Crippen molar-refractivity contribution in [1.82, 2.24) is 0 Å². The summed E-state index contributed by atoms with van der Waals surface area (Å²) >= 11 is 0. The average Bonchev–Trinajstić information content (AvgIpc) is 2.54. The second-order valence-electron chi connectivity index (χ2n) is 5.27. The molecule has 3 aromatic carbocycles. The molecule has 4 N–H and O–H groups in total. The Kier molecular flexibility index (Phi) is 7.01. The van der Waals surface area contributed by atoms with Crippen LogP contribution in [-0.4, -0.2) is 31.4 Å². The van der Waals surface area contributed by atoms with Crippen molar-refractivity contribution >= 4 is 31.0 Å². The van der Waals surface area contributed by atoms with Crippen LogP contribution >= 0.6 is 0 Å². The third-order valence-corrected chi connectivity index (χ3v) is 5.06. The Balaban J connectivity index is 0.000000258. The average molecular weight is 398 g/mol. The van der Waals surface area contributed by atoms with E-state index in [9.17, 15) is 16.8 Å². The molecule has 26 heavy (non-hydrogen) atoms. The van der Waals surface area contributed by atoms with Crippen LogP contribution in [-0.2, 0) is 20.2 Å². The summed E-state index contributed by atoms with van der Waals surface area (Å²) in [4.78, 5) is -0.140. The predicted molar refractivity (Wildman–Crippen MR) is 98.4 cm³/mol. The van der Waals surface area contributed by atoms with E-state index in [0.29, 0.717) is 0 Å². The lowest BCUT2D eigenvalue weighted by Gasteiger charge is -1.99. The van der Waals surface area contributed by atoms with Crippen LogP contribution in [0.1, 0.15) is 5.56 Å². The van der Waals surface area contributed by atoms with Crippen molar-refractivity contribution in [1.29, 1.82) is 0 Å². The second-order valence-corrected chi connectivity index (χ2v) is 8.12. The fourth-order valence-corrected chi connectivity index (χ4v) is 3.03. The van der Waals surface area contributed by atoms with E-state index >= 15 is 0 Å². The Labute approximate surface area is 151 Å². The van der Waals surface area contributed by atoms with Gasteiger partial charge in [-0.1, -0.05) is 48.0 Å². The molecular formula is C17H18O7S2. The highest BCUT2D eigenvalue weighted by Crippen LogP contribution is 2.18. The van der Waals surface area contributed by atoms with E-state index in [-0.39, 0.29) is 15.3 Å². The zero-order valence-corrected chi connectivity index (χ0v) is 15.3. The summed E-state index contributed by atoms with van der Waals surface area (Å²) in [5.41, 5.74) is 0.956. The third kappa shape index (κ3) is 5.90. The van der Waals surface area contributed by atoms with Gasteiger partial charge in [-0.15, -0.1) is 0 Å². The fourth-order valence-electron chi connectivity index (χ4n) is 2.04.